The van der Waals surface area contributed by atoms with E-state index in [4.69, 9.17) is 4.74 Å². The van der Waals surface area contributed by atoms with E-state index in [0.717, 1.165) is 0 Å². The van der Waals surface area contributed by atoms with Crippen LogP contribution in [0.25, 0.3) is 0 Å². The Balaban J connectivity index is 2.03. The highest BCUT2D eigenvalue weighted by Gasteiger charge is 2.08. The summed E-state index contributed by atoms with van der Waals surface area (Å²) in [5.41, 5.74) is 0.760. The average molecular weight is 260 g/mol. The van der Waals surface area contributed by atoms with Crippen molar-refractivity contribution in [3.05, 3.63) is 36.2 Å². The minimum absolute atomic E-state index is 0.0289. The first-order chi connectivity index (χ1) is 9.22. The molecule has 1 aromatic heterocycles. The Morgan fingerprint density at radius 3 is 2.95 bits per heavy atom. The van der Waals surface area contributed by atoms with Gasteiger partial charge in [-0.2, -0.15) is 0 Å². The number of benzene rings is 1. The summed E-state index contributed by atoms with van der Waals surface area (Å²) in [6, 6.07) is 7.07. The topological polar surface area (TPSA) is 86.1 Å². The molecule has 0 atom stereocenters. The number of hydrogen-bond donors (Lipinski definition) is 1. The van der Waals surface area contributed by atoms with E-state index in [1.165, 1.54) is 18.0 Å². The number of amides is 1. The minimum Gasteiger partial charge on any atom is -0.495 e. The van der Waals surface area contributed by atoms with Crippen molar-refractivity contribution < 1.29 is 14.3 Å². The van der Waals surface area contributed by atoms with Crippen molar-refractivity contribution in [2.45, 2.75) is 6.54 Å². The average Bonchev–Trinajstić information content (AvgIpc) is 2.87. The number of methoxy groups -OCH3 is 1. The van der Waals surface area contributed by atoms with Crippen LogP contribution < -0.4 is 10.1 Å². The van der Waals surface area contributed by atoms with E-state index < -0.39 is 0 Å². The number of nitrogens with one attached hydrogen (secondary N) is 1. The van der Waals surface area contributed by atoms with Crippen LogP contribution in [0.15, 0.2) is 30.5 Å². The maximum Gasteiger partial charge on any atom is 0.246 e. The minimum atomic E-state index is -0.285. The molecule has 0 aliphatic heterocycles. The number of rotatable bonds is 5. The molecule has 0 saturated carbocycles. The molecule has 1 N–H and O–H groups in total. The molecular weight excluding hydrogens is 248 g/mol. The van der Waals surface area contributed by atoms with Gasteiger partial charge in [-0.1, -0.05) is 17.3 Å². The molecule has 0 unspecified atom stereocenters. The molecule has 1 aromatic carbocycles. The fourth-order valence-corrected chi connectivity index (χ4v) is 1.53. The molecule has 0 saturated heterocycles. The lowest BCUT2D eigenvalue weighted by atomic mass is 10.3. The van der Waals surface area contributed by atoms with E-state index in [1.54, 1.807) is 18.2 Å². The monoisotopic (exact) mass is 260 g/mol. The maximum absolute atomic E-state index is 11.8. The Hall–Kier alpha value is -2.70. The lowest BCUT2D eigenvalue weighted by Crippen LogP contribution is -2.19. The summed E-state index contributed by atoms with van der Waals surface area (Å²) in [7, 11) is 1.53. The first kappa shape index (κ1) is 12.7. The Labute approximate surface area is 109 Å². The van der Waals surface area contributed by atoms with Crippen molar-refractivity contribution in [2.75, 3.05) is 12.4 Å². The molecular formula is C12H12N4O3. The van der Waals surface area contributed by atoms with E-state index in [0.29, 0.717) is 17.7 Å². The number of anilines is 1. The number of aromatic nitrogens is 3. The number of carbonyl (C=O) groups excluding carboxylic acids is 2. The summed E-state index contributed by atoms with van der Waals surface area (Å²) < 4.78 is 6.41. The van der Waals surface area contributed by atoms with Gasteiger partial charge >= 0.3 is 0 Å². The predicted molar refractivity (Wildman–Crippen MR) is 67.0 cm³/mol. The molecule has 0 fully saturated rings. The van der Waals surface area contributed by atoms with Gasteiger partial charge in [-0.3, -0.25) is 9.59 Å². The van der Waals surface area contributed by atoms with E-state index in [9.17, 15) is 9.59 Å². The molecule has 0 radical (unpaired) electrons. The summed E-state index contributed by atoms with van der Waals surface area (Å²) in [4.78, 5) is 22.3. The molecule has 0 aliphatic rings. The smallest absolute Gasteiger partial charge is 0.246 e. The number of aldehydes is 1. The van der Waals surface area contributed by atoms with Gasteiger partial charge in [0.05, 0.1) is 19.0 Å². The zero-order valence-electron chi connectivity index (χ0n) is 10.2. The lowest BCUT2D eigenvalue weighted by Gasteiger charge is -2.09. The van der Waals surface area contributed by atoms with Crippen molar-refractivity contribution >= 4 is 17.9 Å². The second kappa shape index (κ2) is 5.76. The summed E-state index contributed by atoms with van der Waals surface area (Å²) >= 11 is 0. The van der Waals surface area contributed by atoms with E-state index in [2.05, 4.69) is 15.6 Å². The van der Waals surface area contributed by atoms with Gasteiger partial charge < -0.3 is 10.1 Å². The van der Waals surface area contributed by atoms with E-state index in [-0.39, 0.29) is 18.1 Å². The van der Waals surface area contributed by atoms with Gasteiger partial charge in [0.2, 0.25) is 5.91 Å². The first-order valence-electron chi connectivity index (χ1n) is 5.51. The second-order valence-electron chi connectivity index (χ2n) is 3.71. The zero-order valence-corrected chi connectivity index (χ0v) is 10.2. The van der Waals surface area contributed by atoms with Crippen LogP contribution in [-0.4, -0.2) is 34.3 Å². The third kappa shape index (κ3) is 3.15. The van der Waals surface area contributed by atoms with Crippen molar-refractivity contribution in [2.24, 2.45) is 0 Å². The molecule has 2 aromatic rings. The Bertz CT molecular complexity index is 594. The number of ether oxygens (including phenoxy) is 1. The quantitative estimate of drug-likeness (QED) is 0.801. The molecule has 1 heterocycles. The highest BCUT2D eigenvalue weighted by Crippen LogP contribution is 2.22. The molecule has 0 aliphatic carbocycles. The van der Waals surface area contributed by atoms with Gasteiger partial charge in [-0.25, -0.2) is 4.68 Å². The van der Waals surface area contributed by atoms with Crippen LogP contribution in [0.1, 0.15) is 10.5 Å². The van der Waals surface area contributed by atoms with Crippen molar-refractivity contribution in [1.29, 1.82) is 0 Å². The molecule has 7 heteroatoms. The zero-order chi connectivity index (χ0) is 13.7. The third-order valence-corrected chi connectivity index (χ3v) is 2.36. The highest BCUT2D eigenvalue weighted by atomic mass is 16.5. The van der Waals surface area contributed by atoms with Crippen LogP contribution in [0.3, 0.4) is 0 Å². The van der Waals surface area contributed by atoms with E-state index in [1.807, 2.05) is 6.07 Å². The maximum atomic E-state index is 11.8. The van der Waals surface area contributed by atoms with Crippen molar-refractivity contribution in [1.82, 2.24) is 15.0 Å². The third-order valence-electron chi connectivity index (χ3n) is 2.36. The van der Waals surface area contributed by atoms with Crippen LogP contribution in [0, 0.1) is 0 Å². The Morgan fingerprint density at radius 2 is 2.26 bits per heavy atom. The summed E-state index contributed by atoms with van der Waals surface area (Å²) in [6.07, 6.45) is 1.97. The van der Waals surface area contributed by atoms with Crippen LogP contribution in [0.5, 0.6) is 5.75 Å². The van der Waals surface area contributed by atoms with Crippen LogP contribution >= 0.6 is 0 Å². The summed E-state index contributed by atoms with van der Waals surface area (Å²) in [6.45, 7) is -0.0289. The largest absolute Gasteiger partial charge is 0.495 e. The molecule has 2 rings (SSSR count). The first-order valence-corrected chi connectivity index (χ1v) is 5.51. The fraction of sp³-hybridized carbons (Fsp3) is 0.167. The van der Waals surface area contributed by atoms with E-state index >= 15 is 0 Å². The number of hydrogen-bond acceptors (Lipinski definition) is 5. The second-order valence-corrected chi connectivity index (χ2v) is 3.71. The number of nitrogens with zero attached hydrogens (tertiary/aromatic N) is 3. The Kier molecular flexibility index (Phi) is 3.87. The number of carbonyl (C=O) groups is 2. The summed E-state index contributed by atoms with van der Waals surface area (Å²) in [5.74, 6) is 0.287. The molecule has 1 amide bonds. The fourth-order valence-electron chi connectivity index (χ4n) is 1.53. The molecule has 0 spiro atoms. The van der Waals surface area contributed by atoms with Crippen LogP contribution in [0.4, 0.5) is 5.69 Å². The van der Waals surface area contributed by atoms with Crippen LogP contribution in [0.2, 0.25) is 0 Å². The number of para-hydroxylation sites is 2. The standard InChI is InChI=1S/C12H12N4O3/c1-19-11-5-3-2-4-10(11)13-12(18)7-16-6-9(8-17)14-15-16/h2-6,8H,7H2,1H3,(H,13,18). The van der Waals surface area contributed by atoms with Crippen LogP contribution in [-0.2, 0) is 11.3 Å². The lowest BCUT2D eigenvalue weighted by molar-refractivity contribution is -0.116. The van der Waals surface area contributed by atoms with Gasteiger partial charge in [-0.15, -0.1) is 5.10 Å². The van der Waals surface area contributed by atoms with Gasteiger partial charge in [0, 0.05) is 0 Å². The van der Waals surface area contributed by atoms with Gasteiger partial charge in [0.25, 0.3) is 0 Å². The van der Waals surface area contributed by atoms with Gasteiger partial charge in [0.15, 0.2) is 6.29 Å². The molecule has 98 valence electrons. The van der Waals surface area contributed by atoms with Gasteiger partial charge in [-0.05, 0) is 12.1 Å². The normalized spacial score (nSPS) is 9.95. The predicted octanol–water partition coefficient (Wildman–Crippen LogP) is 0.738. The molecule has 0 bridgehead atoms. The molecule has 19 heavy (non-hydrogen) atoms. The molecule has 7 nitrogen and oxygen atoms in total. The van der Waals surface area contributed by atoms with Crippen molar-refractivity contribution in [3.8, 4) is 5.75 Å². The summed E-state index contributed by atoms with van der Waals surface area (Å²) in [5, 5.41) is 9.92. The van der Waals surface area contributed by atoms with Gasteiger partial charge in [0.1, 0.15) is 18.0 Å². The highest BCUT2D eigenvalue weighted by molar-refractivity contribution is 5.92. The Morgan fingerprint density at radius 1 is 1.47 bits per heavy atom. The van der Waals surface area contributed by atoms with Crippen molar-refractivity contribution in [3.63, 3.8) is 0 Å². The SMILES string of the molecule is COc1ccccc1NC(=O)Cn1cc(C=O)nn1.